The number of rotatable bonds is 4. The number of halogens is 1. The number of nitrogen functional groups attached to an aromatic ring is 1. The van der Waals surface area contributed by atoms with Gasteiger partial charge in [-0.05, 0) is 41.2 Å². The average molecular weight is 363 g/mol. The lowest BCUT2D eigenvalue weighted by Crippen LogP contribution is -2.09. The molecule has 94 valence electrons. The van der Waals surface area contributed by atoms with E-state index in [1.165, 1.54) is 31.4 Å². The highest BCUT2D eigenvalue weighted by Crippen LogP contribution is 2.36. The van der Waals surface area contributed by atoms with Crippen molar-refractivity contribution in [3.8, 4) is 0 Å². The van der Waals surface area contributed by atoms with Crippen LogP contribution in [0.25, 0.3) is 0 Å². The van der Waals surface area contributed by atoms with Gasteiger partial charge in [-0.1, -0.05) is 19.8 Å². The fourth-order valence-corrected chi connectivity index (χ4v) is 3.46. The first kappa shape index (κ1) is 13.4. The van der Waals surface area contributed by atoms with Gasteiger partial charge in [-0.3, -0.25) is 0 Å². The lowest BCUT2D eigenvalue weighted by Gasteiger charge is -2.13. The van der Waals surface area contributed by atoms with Crippen molar-refractivity contribution in [1.29, 1.82) is 0 Å². The lowest BCUT2D eigenvalue weighted by molar-refractivity contribution is 0.684. The van der Waals surface area contributed by atoms with E-state index in [0.29, 0.717) is 11.7 Å². The maximum absolute atomic E-state index is 5.99. The first-order valence-electron chi connectivity index (χ1n) is 6.12. The van der Waals surface area contributed by atoms with Crippen LogP contribution in [0.3, 0.4) is 0 Å². The molecule has 0 unspecified atom stereocenters. The van der Waals surface area contributed by atoms with Crippen molar-refractivity contribution in [2.24, 2.45) is 0 Å². The molecule has 1 fully saturated rings. The minimum atomic E-state index is 0.609. The summed E-state index contributed by atoms with van der Waals surface area (Å²) in [4.78, 5) is 9.11. The van der Waals surface area contributed by atoms with E-state index >= 15 is 0 Å². The summed E-state index contributed by atoms with van der Waals surface area (Å²) in [6, 6.07) is 0. The summed E-state index contributed by atoms with van der Waals surface area (Å²) >= 11 is 4.14. The standard InChI is InChI=1S/C12H18IN3S/c1-2-17-7-9-15-11(8-5-3-4-6-8)10(13)12(14)16-9/h8H,2-7H2,1H3,(H2,14,15,16). The maximum Gasteiger partial charge on any atom is 0.140 e. The molecule has 17 heavy (non-hydrogen) atoms. The monoisotopic (exact) mass is 363 g/mol. The van der Waals surface area contributed by atoms with E-state index in [0.717, 1.165) is 20.9 Å². The van der Waals surface area contributed by atoms with Gasteiger partial charge in [0.1, 0.15) is 11.6 Å². The SMILES string of the molecule is CCSCc1nc(N)c(I)c(C2CCCC2)n1. The van der Waals surface area contributed by atoms with Gasteiger partial charge < -0.3 is 5.73 Å². The fraction of sp³-hybridized carbons (Fsp3) is 0.667. The summed E-state index contributed by atoms with van der Waals surface area (Å²) in [7, 11) is 0. The molecule has 1 aliphatic rings. The highest BCUT2D eigenvalue weighted by molar-refractivity contribution is 14.1. The second-order valence-electron chi connectivity index (χ2n) is 4.34. The number of hydrogen-bond acceptors (Lipinski definition) is 4. The predicted molar refractivity (Wildman–Crippen MR) is 82.2 cm³/mol. The van der Waals surface area contributed by atoms with E-state index in [2.05, 4.69) is 34.5 Å². The van der Waals surface area contributed by atoms with Gasteiger partial charge in [0.2, 0.25) is 0 Å². The van der Waals surface area contributed by atoms with Crippen molar-refractivity contribution in [3.05, 3.63) is 15.1 Å². The maximum atomic E-state index is 5.99. The highest BCUT2D eigenvalue weighted by atomic mass is 127. The zero-order valence-corrected chi connectivity index (χ0v) is 13.1. The number of anilines is 1. The second kappa shape index (κ2) is 6.22. The minimum absolute atomic E-state index is 0.609. The smallest absolute Gasteiger partial charge is 0.140 e. The van der Waals surface area contributed by atoms with Crippen LogP contribution in [-0.4, -0.2) is 15.7 Å². The zero-order valence-electron chi connectivity index (χ0n) is 10.1. The van der Waals surface area contributed by atoms with Crippen LogP contribution >= 0.6 is 34.4 Å². The number of thioether (sulfide) groups is 1. The first-order chi connectivity index (χ1) is 8.22. The molecule has 1 heterocycles. The van der Waals surface area contributed by atoms with E-state index in [4.69, 9.17) is 10.7 Å². The summed E-state index contributed by atoms with van der Waals surface area (Å²) in [5.74, 6) is 4.13. The normalized spacial score (nSPS) is 16.6. The van der Waals surface area contributed by atoms with Crippen molar-refractivity contribution >= 4 is 40.2 Å². The van der Waals surface area contributed by atoms with Crippen LogP contribution in [0.2, 0.25) is 0 Å². The van der Waals surface area contributed by atoms with Gasteiger partial charge in [0, 0.05) is 5.92 Å². The molecule has 1 saturated carbocycles. The van der Waals surface area contributed by atoms with Crippen molar-refractivity contribution in [2.75, 3.05) is 11.5 Å². The second-order valence-corrected chi connectivity index (χ2v) is 6.70. The third-order valence-electron chi connectivity index (χ3n) is 3.13. The quantitative estimate of drug-likeness (QED) is 0.831. The van der Waals surface area contributed by atoms with Gasteiger partial charge in [-0.15, -0.1) is 0 Å². The first-order valence-corrected chi connectivity index (χ1v) is 8.35. The van der Waals surface area contributed by atoms with Gasteiger partial charge in [0.05, 0.1) is 15.0 Å². The molecular weight excluding hydrogens is 345 g/mol. The predicted octanol–water partition coefficient (Wildman–Crippen LogP) is 3.57. The Morgan fingerprint density at radius 3 is 2.71 bits per heavy atom. The molecule has 5 heteroatoms. The molecular formula is C12H18IN3S. The number of nitrogens with two attached hydrogens (primary N) is 1. The van der Waals surface area contributed by atoms with Crippen LogP contribution in [0.4, 0.5) is 5.82 Å². The van der Waals surface area contributed by atoms with Crippen molar-refractivity contribution in [3.63, 3.8) is 0 Å². The van der Waals surface area contributed by atoms with Crippen molar-refractivity contribution < 1.29 is 0 Å². The van der Waals surface area contributed by atoms with Gasteiger partial charge >= 0.3 is 0 Å². The number of nitrogens with zero attached hydrogens (tertiary/aromatic N) is 2. The summed E-state index contributed by atoms with van der Waals surface area (Å²) in [5, 5.41) is 0. The lowest BCUT2D eigenvalue weighted by atomic mass is 10.0. The van der Waals surface area contributed by atoms with Crippen LogP contribution in [0.5, 0.6) is 0 Å². The van der Waals surface area contributed by atoms with Gasteiger partial charge in [0.25, 0.3) is 0 Å². The van der Waals surface area contributed by atoms with Gasteiger partial charge in [0.15, 0.2) is 0 Å². The van der Waals surface area contributed by atoms with Crippen LogP contribution in [0.1, 0.15) is 50.0 Å². The molecule has 2 N–H and O–H groups in total. The van der Waals surface area contributed by atoms with Crippen molar-refractivity contribution in [2.45, 2.75) is 44.3 Å². The number of aromatic nitrogens is 2. The Labute approximate surface area is 121 Å². The van der Waals surface area contributed by atoms with Crippen molar-refractivity contribution in [1.82, 2.24) is 9.97 Å². The van der Waals surface area contributed by atoms with Crippen LogP contribution in [0, 0.1) is 3.57 Å². The molecule has 1 aromatic heterocycles. The third kappa shape index (κ3) is 3.24. The zero-order chi connectivity index (χ0) is 12.3. The largest absolute Gasteiger partial charge is 0.383 e. The Bertz CT molecular complexity index is 392. The Hall–Kier alpha value is -0.0400. The third-order valence-corrected chi connectivity index (χ3v) is 5.10. The summed E-state index contributed by atoms with van der Waals surface area (Å²) < 4.78 is 1.07. The molecule has 0 bridgehead atoms. The molecule has 0 aliphatic heterocycles. The fourth-order valence-electron chi connectivity index (χ4n) is 2.26. The van der Waals surface area contributed by atoms with E-state index < -0.39 is 0 Å². The topological polar surface area (TPSA) is 51.8 Å². The Morgan fingerprint density at radius 1 is 1.35 bits per heavy atom. The van der Waals surface area contributed by atoms with Crippen LogP contribution in [-0.2, 0) is 5.75 Å². The van der Waals surface area contributed by atoms with Crippen LogP contribution < -0.4 is 5.73 Å². The van der Waals surface area contributed by atoms with Crippen LogP contribution in [0.15, 0.2) is 0 Å². The average Bonchev–Trinajstić information content (AvgIpc) is 2.84. The molecule has 0 atom stereocenters. The van der Waals surface area contributed by atoms with E-state index in [1.54, 1.807) is 0 Å². The van der Waals surface area contributed by atoms with E-state index in [-0.39, 0.29) is 0 Å². The van der Waals surface area contributed by atoms with Gasteiger partial charge in [-0.2, -0.15) is 11.8 Å². The summed E-state index contributed by atoms with van der Waals surface area (Å²) in [6.07, 6.45) is 5.16. The van der Waals surface area contributed by atoms with E-state index in [1.807, 2.05) is 11.8 Å². The molecule has 0 spiro atoms. The summed E-state index contributed by atoms with van der Waals surface area (Å²) in [6.45, 7) is 2.15. The molecule has 2 rings (SSSR count). The molecule has 1 aliphatic carbocycles. The molecule has 1 aromatic rings. The Kier molecular flexibility index (Phi) is 4.90. The minimum Gasteiger partial charge on any atom is -0.383 e. The molecule has 0 amide bonds. The number of hydrogen-bond donors (Lipinski definition) is 1. The summed E-state index contributed by atoms with van der Waals surface area (Å²) in [5.41, 5.74) is 7.19. The molecule has 3 nitrogen and oxygen atoms in total. The Morgan fingerprint density at radius 2 is 2.06 bits per heavy atom. The highest BCUT2D eigenvalue weighted by Gasteiger charge is 2.23. The molecule has 0 saturated heterocycles. The van der Waals surface area contributed by atoms with Gasteiger partial charge in [-0.25, -0.2) is 9.97 Å². The van der Waals surface area contributed by atoms with E-state index in [9.17, 15) is 0 Å². The molecule has 0 aromatic carbocycles. The molecule has 0 radical (unpaired) electrons. The Balaban J connectivity index is 2.25.